The fourth-order valence-electron chi connectivity index (χ4n) is 5.06. The lowest BCUT2D eigenvalue weighted by atomic mass is 9.85. The van der Waals surface area contributed by atoms with Gasteiger partial charge in [0.1, 0.15) is 0 Å². The fraction of sp³-hybridized carbons (Fsp3) is 0.344. The predicted octanol–water partition coefficient (Wildman–Crippen LogP) is 4.83. The van der Waals surface area contributed by atoms with Gasteiger partial charge < -0.3 is 15.4 Å². The quantitative estimate of drug-likeness (QED) is 0.437. The minimum absolute atomic E-state index is 0.0386. The van der Waals surface area contributed by atoms with Crippen LogP contribution in [0, 0.1) is 24.2 Å². The van der Waals surface area contributed by atoms with E-state index in [1.807, 2.05) is 63.5 Å². The lowest BCUT2D eigenvalue weighted by molar-refractivity contribution is -0.128. The maximum atomic E-state index is 13.1. The number of aliphatic imine (C=N–C) groups is 1. The molecule has 5 rings (SSSR count). The van der Waals surface area contributed by atoms with Gasteiger partial charge in [-0.1, -0.05) is 18.2 Å². The number of nitrogens with one attached hydrogen (secondary N) is 2. The van der Waals surface area contributed by atoms with Crippen molar-refractivity contribution in [1.82, 2.24) is 15.1 Å². The molecular weight excluding hydrogens is 516 g/mol. The first-order valence-corrected chi connectivity index (χ1v) is 13.8. The molecule has 2 unspecified atom stereocenters. The van der Waals surface area contributed by atoms with Gasteiger partial charge in [0, 0.05) is 60.5 Å². The van der Waals surface area contributed by atoms with Crippen molar-refractivity contribution in [3.63, 3.8) is 0 Å². The van der Waals surface area contributed by atoms with Gasteiger partial charge in [-0.25, -0.2) is 4.68 Å². The van der Waals surface area contributed by atoms with Crippen LogP contribution in [0.15, 0.2) is 72.1 Å². The predicted molar refractivity (Wildman–Crippen MR) is 157 cm³/mol. The second-order valence-corrected chi connectivity index (χ2v) is 11.1. The van der Waals surface area contributed by atoms with Crippen LogP contribution >= 0.6 is 0 Å². The number of benzene rings is 2. The van der Waals surface area contributed by atoms with Gasteiger partial charge in [0.15, 0.2) is 0 Å². The van der Waals surface area contributed by atoms with E-state index in [9.17, 15) is 14.9 Å². The molecule has 210 valence electrons. The summed E-state index contributed by atoms with van der Waals surface area (Å²) in [7, 11) is 0. The van der Waals surface area contributed by atoms with Crippen molar-refractivity contribution in [2.24, 2.45) is 10.9 Å². The number of nitriles is 1. The number of aromatic nitrogens is 2. The van der Waals surface area contributed by atoms with Crippen LogP contribution < -0.4 is 10.6 Å². The molecule has 2 aliphatic heterocycles. The van der Waals surface area contributed by atoms with Crippen LogP contribution in [-0.2, 0) is 14.9 Å². The van der Waals surface area contributed by atoms with Crippen LogP contribution in [-0.4, -0.2) is 47.1 Å². The summed E-state index contributed by atoms with van der Waals surface area (Å²) < 4.78 is 7.18. The zero-order valence-electron chi connectivity index (χ0n) is 23.5. The minimum Gasteiger partial charge on any atom is -0.381 e. The van der Waals surface area contributed by atoms with E-state index in [0.717, 1.165) is 35.2 Å². The van der Waals surface area contributed by atoms with E-state index >= 15 is 0 Å². The second-order valence-electron chi connectivity index (χ2n) is 11.1. The van der Waals surface area contributed by atoms with Crippen molar-refractivity contribution in [3.8, 4) is 11.8 Å². The smallest absolute Gasteiger partial charge is 0.255 e. The van der Waals surface area contributed by atoms with Crippen molar-refractivity contribution in [1.29, 1.82) is 5.26 Å². The van der Waals surface area contributed by atoms with Crippen molar-refractivity contribution in [2.45, 2.75) is 51.0 Å². The SMILES string of the molecule is Cc1ccc(NC(=O)c2cccc(C(C)(C)C#N)c2)cc1-n1cc(C2C=NC=CC2NC(=O)C2CCOCC2)cn1. The van der Waals surface area contributed by atoms with Crippen molar-refractivity contribution >= 4 is 23.7 Å². The highest BCUT2D eigenvalue weighted by Gasteiger charge is 2.29. The summed E-state index contributed by atoms with van der Waals surface area (Å²) in [5.41, 5.74) is 3.91. The van der Waals surface area contributed by atoms with E-state index in [0.29, 0.717) is 24.5 Å². The van der Waals surface area contributed by atoms with Gasteiger partial charge in [-0.15, -0.1) is 0 Å². The molecule has 0 spiro atoms. The summed E-state index contributed by atoms with van der Waals surface area (Å²) in [4.78, 5) is 30.3. The summed E-state index contributed by atoms with van der Waals surface area (Å²) in [5.74, 6) is -0.424. The van der Waals surface area contributed by atoms with Gasteiger partial charge in [-0.2, -0.15) is 10.4 Å². The Morgan fingerprint density at radius 2 is 1.95 bits per heavy atom. The molecule has 2 aromatic carbocycles. The van der Waals surface area contributed by atoms with Gasteiger partial charge in [0.05, 0.1) is 29.4 Å². The van der Waals surface area contributed by atoms with E-state index in [-0.39, 0.29) is 29.7 Å². The molecule has 3 heterocycles. The highest BCUT2D eigenvalue weighted by atomic mass is 16.5. The molecule has 0 bridgehead atoms. The average molecular weight is 551 g/mol. The molecular formula is C32H34N6O3. The molecule has 2 amide bonds. The standard InChI is InChI=1S/C32H34N6O3/c1-21-7-8-26(36-31(40)23-5-4-6-25(15-23)32(2,3)20-33)16-29(21)38-19-24(17-35-38)27-18-34-12-9-28(27)37-30(39)22-10-13-41-14-11-22/h4-9,12,15-19,22,27-28H,10-11,13-14H2,1-3H3,(H,36,40)(H,37,39). The number of ether oxygens (including phenoxy) is 1. The summed E-state index contributed by atoms with van der Waals surface area (Å²) in [6.07, 6.45) is 10.6. The minimum atomic E-state index is -0.698. The molecule has 3 aromatic rings. The third-order valence-corrected chi connectivity index (χ3v) is 7.74. The Balaban J connectivity index is 1.32. The zero-order valence-corrected chi connectivity index (χ0v) is 23.5. The number of amides is 2. The van der Waals surface area contributed by atoms with Crippen molar-refractivity contribution < 1.29 is 14.3 Å². The number of nitrogens with zero attached hydrogens (tertiary/aromatic N) is 4. The van der Waals surface area contributed by atoms with E-state index < -0.39 is 5.41 Å². The summed E-state index contributed by atoms with van der Waals surface area (Å²) in [5, 5.41) is 20.2. The molecule has 2 N–H and O–H groups in total. The first-order valence-electron chi connectivity index (χ1n) is 13.8. The maximum Gasteiger partial charge on any atom is 0.255 e. The van der Waals surface area contributed by atoms with Crippen LogP contribution in [0.3, 0.4) is 0 Å². The van der Waals surface area contributed by atoms with Crippen LogP contribution in [0.1, 0.15) is 59.7 Å². The third kappa shape index (κ3) is 6.28. The summed E-state index contributed by atoms with van der Waals surface area (Å²) in [6.45, 7) is 6.86. The topological polar surface area (TPSA) is 121 Å². The first kappa shape index (κ1) is 28.0. The van der Waals surface area contributed by atoms with Gasteiger partial charge in [0.2, 0.25) is 5.91 Å². The number of carbonyl (C=O) groups excluding carboxylic acids is 2. The lowest BCUT2D eigenvalue weighted by Gasteiger charge is -2.27. The Morgan fingerprint density at radius 1 is 1.15 bits per heavy atom. The van der Waals surface area contributed by atoms with E-state index in [4.69, 9.17) is 4.74 Å². The fourth-order valence-corrected chi connectivity index (χ4v) is 5.06. The van der Waals surface area contributed by atoms with Crippen LogP contribution in [0.25, 0.3) is 5.69 Å². The molecule has 0 radical (unpaired) electrons. The molecule has 9 heteroatoms. The van der Waals surface area contributed by atoms with Crippen molar-refractivity contribution in [3.05, 3.63) is 89.4 Å². The molecule has 1 fully saturated rings. The highest BCUT2D eigenvalue weighted by Crippen LogP contribution is 2.27. The molecule has 41 heavy (non-hydrogen) atoms. The number of aryl methyl sites for hydroxylation is 1. The average Bonchev–Trinajstić information content (AvgIpc) is 3.49. The summed E-state index contributed by atoms with van der Waals surface area (Å²) >= 11 is 0. The van der Waals surface area contributed by atoms with Gasteiger partial charge in [-0.05, 0) is 75.1 Å². The van der Waals surface area contributed by atoms with Gasteiger partial charge in [-0.3, -0.25) is 14.6 Å². The maximum absolute atomic E-state index is 13.1. The Kier molecular flexibility index (Phi) is 8.13. The Bertz CT molecular complexity index is 1540. The molecule has 0 saturated carbocycles. The van der Waals surface area contributed by atoms with E-state index in [1.165, 1.54) is 0 Å². The molecule has 0 aliphatic carbocycles. The Hall–Kier alpha value is -4.55. The lowest BCUT2D eigenvalue weighted by Crippen LogP contribution is -2.43. The Labute approximate surface area is 239 Å². The molecule has 1 saturated heterocycles. The number of anilines is 1. The van der Waals surface area contributed by atoms with Crippen LogP contribution in [0.5, 0.6) is 0 Å². The highest BCUT2D eigenvalue weighted by molar-refractivity contribution is 6.04. The zero-order chi connectivity index (χ0) is 29.0. The second kappa shape index (κ2) is 11.9. The Morgan fingerprint density at radius 3 is 2.73 bits per heavy atom. The first-order chi connectivity index (χ1) is 19.7. The van der Waals surface area contributed by atoms with Crippen molar-refractivity contribution in [2.75, 3.05) is 18.5 Å². The molecule has 2 aliphatic rings. The van der Waals surface area contributed by atoms with Crippen LogP contribution in [0.2, 0.25) is 0 Å². The number of rotatable bonds is 7. The molecule has 1 aromatic heterocycles. The largest absolute Gasteiger partial charge is 0.381 e. The monoisotopic (exact) mass is 550 g/mol. The number of hydrogen-bond donors (Lipinski definition) is 2. The van der Waals surface area contributed by atoms with E-state index in [1.54, 1.807) is 35.3 Å². The van der Waals surface area contributed by atoms with Crippen LogP contribution in [0.4, 0.5) is 5.69 Å². The normalized spacial score (nSPS) is 19.0. The third-order valence-electron chi connectivity index (χ3n) is 7.74. The molecule has 2 atom stereocenters. The summed E-state index contributed by atoms with van der Waals surface area (Å²) in [6, 6.07) is 14.9. The molecule has 9 nitrogen and oxygen atoms in total. The van der Waals surface area contributed by atoms with E-state index in [2.05, 4.69) is 26.8 Å². The van der Waals surface area contributed by atoms with Gasteiger partial charge >= 0.3 is 0 Å². The number of hydrogen-bond acceptors (Lipinski definition) is 6. The number of carbonyl (C=O) groups is 2. The van der Waals surface area contributed by atoms with Gasteiger partial charge in [0.25, 0.3) is 5.91 Å².